The Kier molecular flexibility index (Phi) is 4.55. The molecule has 0 saturated heterocycles. The van der Waals surface area contributed by atoms with Gasteiger partial charge in [-0.2, -0.15) is 0 Å². The first-order chi connectivity index (χ1) is 9.18. The molecule has 0 atom stereocenters. The highest BCUT2D eigenvalue weighted by Gasteiger charge is 2.19. The molecule has 4 heteroatoms. The molecular formula is C15H18O4. The Balaban J connectivity index is 1.97. The molecule has 0 aliphatic heterocycles. The first-order valence-corrected chi connectivity index (χ1v) is 6.68. The van der Waals surface area contributed by atoms with E-state index in [4.69, 9.17) is 9.84 Å². The van der Waals surface area contributed by atoms with E-state index < -0.39 is 11.9 Å². The fraction of sp³-hybridized carbons (Fsp3) is 0.467. The average Bonchev–Trinajstić information content (AvgIpc) is 2.46. The van der Waals surface area contributed by atoms with Crippen molar-refractivity contribution in [3.8, 4) is 0 Å². The molecule has 2 rings (SSSR count). The van der Waals surface area contributed by atoms with Crippen LogP contribution in [0, 0.1) is 5.92 Å². The van der Waals surface area contributed by atoms with E-state index in [9.17, 15) is 9.59 Å². The average molecular weight is 262 g/mol. The summed E-state index contributed by atoms with van der Waals surface area (Å²) in [6.07, 6.45) is 5.82. The topological polar surface area (TPSA) is 63.6 Å². The van der Waals surface area contributed by atoms with Crippen LogP contribution in [0.4, 0.5) is 0 Å². The molecule has 1 saturated carbocycles. The van der Waals surface area contributed by atoms with Crippen LogP contribution in [0.5, 0.6) is 0 Å². The summed E-state index contributed by atoms with van der Waals surface area (Å²) < 4.78 is 5.26. The molecule has 4 nitrogen and oxygen atoms in total. The molecule has 102 valence electrons. The van der Waals surface area contributed by atoms with E-state index in [0.29, 0.717) is 12.5 Å². The maximum atomic E-state index is 11.9. The molecular weight excluding hydrogens is 244 g/mol. The van der Waals surface area contributed by atoms with Crippen molar-refractivity contribution >= 4 is 11.9 Å². The second-order valence-electron chi connectivity index (χ2n) is 4.95. The lowest BCUT2D eigenvalue weighted by Gasteiger charge is -2.21. The van der Waals surface area contributed by atoms with Crippen molar-refractivity contribution in [3.63, 3.8) is 0 Å². The monoisotopic (exact) mass is 262 g/mol. The smallest absolute Gasteiger partial charge is 0.339 e. The van der Waals surface area contributed by atoms with Crippen LogP contribution in [0.2, 0.25) is 0 Å². The first-order valence-electron chi connectivity index (χ1n) is 6.68. The van der Waals surface area contributed by atoms with Crippen molar-refractivity contribution in [1.82, 2.24) is 0 Å². The third kappa shape index (κ3) is 3.56. The van der Waals surface area contributed by atoms with Crippen LogP contribution in [-0.2, 0) is 4.74 Å². The molecule has 0 spiro atoms. The Morgan fingerprint density at radius 2 is 1.74 bits per heavy atom. The number of hydrogen-bond donors (Lipinski definition) is 1. The molecule has 1 aromatic carbocycles. The molecule has 0 amide bonds. The zero-order valence-electron chi connectivity index (χ0n) is 10.8. The van der Waals surface area contributed by atoms with Gasteiger partial charge in [0.05, 0.1) is 17.7 Å². The highest BCUT2D eigenvalue weighted by atomic mass is 16.5. The molecule has 0 bridgehead atoms. The zero-order chi connectivity index (χ0) is 13.7. The largest absolute Gasteiger partial charge is 0.478 e. The van der Waals surface area contributed by atoms with Crippen LogP contribution >= 0.6 is 0 Å². The van der Waals surface area contributed by atoms with E-state index in [1.54, 1.807) is 12.1 Å². The summed E-state index contributed by atoms with van der Waals surface area (Å²) in [6, 6.07) is 6.15. The molecule has 1 aliphatic rings. The van der Waals surface area contributed by atoms with E-state index in [0.717, 1.165) is 12.8 Å². The molecule has 0 aromatic heterocycles. The van der Waals surface area contributed by atoms with Gasteiger partial charge < -0.3 is 9.84 Å². The highest BCUT2D eigenvalue weighted by molar-refractivity contribution is 6.02. The van der Waals surface area contributed by atoms with Crippen LogP contribution in [0.3, 0.4) is 0 Å². The fourth-order valence-electron chi connectivity index (χ4n) is 2.47. The van der Waals surface area contributed by atoms with Gasteiger partial charge in [-0.1, -0.05) is 31.4 Å². The summed E-state index contributed by atoms with van der Waals surface area (Å²) in [4.78, 5) is 23.0. The van der Waals surface area contributed by atoms with E-state index in [1.165, 1.54) is 31.4 Å². The molecule has 1 aromatic rings. The Morgan fingerprint density at radius 3 is 2.37 bits per heavy atom. The summed E-state index contributed by atoms with van der Waals surface area (Å²) in [5.74, 6) is -1.22. The maximum Gasteiger partial charge on any atom is 0.339 e. The molecule has 1 N–H and O–H groups in total. The number of carboxylic acids is 1. The molecule has 1 aliphatic carbocycles. The lowest BCUT2D eigenvalue weighted by Crippen LogP contribution is -2.18. The van der Waals surface area contributed by atoms with Gasteiger partial charge >= 0.3 is 11.9 Å². The standard InChI is InChI=1S/C15H18O4/c16-14(17)12-8-4-5-9-13(12)15(18)19-10-11-6-2-1-3-7-11/h4-5,8-9,11H,1-3,6-7,10H2,(H,16,17). The number of hydrogen-bond acceptors (Lipinski definition) is 3. The molecule has 0 heterocycles. The van der Waals surface area contributed by atoms with Crippen LogP contribution in [0.15, 0.2) is 24.3 Å². The van der Waals surface area contributed by atoms with Crippen LogP contribution < -0.4 is 0 Å². The van der Waals surface area contributed by atoms with Crippen molar-refractivity contribution in [2.45, 2.75) is 32.1 Å². The normalized spacial score (nSPS) is 16.0. The van der Waals surface area contributed by atoms with Crippen molar-refractivity contribution < 1.29 is 19.4 Å². The minimum absolute atomic E-state index is 0.00357. The number of rotatable bonds is 4. The summed E-state index contributed by atoms with van der Waals surface area (Å²) in [6.45, 7) is 0.396. The summed E-state index contributed by atoms with van der Waals surface area (Å²) in [5, 5.41) is 9.02. The van der Waals surface area contributed by atoms with E-state index in [-0.39, 0.29) is 11.1 Å². The number of carbonyl (C=O) groups excluding carboxylic acids is 1. The minimum atomic E-state index is -1.11. The second kappa shape index (κ2) is 6.36. The third-order valence-corrected chi connectivity index (χ3v) is 3.55. The van der Waals surface area contributed by atoms with Gasteiger partial charge in [0.15, 0.2) is 0 Å². The Labute approximate surface area is 112 Å². The predicted octanol–water partition coefficient (Wildman–Crippen LogP) is 3.12. The minimum Gasteiger partial charge on any atom is -0.478 e. The van der Waals surface area contributed by atoms with Crippen molar-refractivity contribution in [2.75, 3.05) is 6.61 Å². The molecule has 1 fully saturated rings. The van der Waals surface area contributed by atoms with Crippen molar-refractivity contribution in [2.24, 2.45) is 5.92 Å². The summed E-state index contributed by atoms with van der Waals surface area (Å²) in [5.41, 5.74) is 0.127. The fourth-order valence-corrected chi connectivity index (χ4v) is 2.47. The Morgan fingerprint density at radius 1 is 1.11 bits per heavy atom. The van der Waals surface area contributed by atoms with E-state index in [2.05, 4.69) is 0 Å². The van der Waals surface area contributed by atoms with Crippen molar-refractivity contribution in [3.05, 3.63) is 35.4 Å². The quantitative estimate of drug-likeness (QED) is 0.847. The number of carboxylic acid groups (broad SMARTS) is 1. The SMILES string of the molecule is O=C(O)c1ccccc1C(=O)OCC1CCCCC1. The highest BCUT2D eigenvalue weighted by Crippen LogP contribution is 2.24. The Hall–Kier alpha value is -1.84. The first kappa shape index (κ1) is 13.6. The van der Waals surface area contributed by atoms with Gasteiger partial charge in [-0.25, -0.2) is 9.59 Å². The van der Waals surface area contributed by atoms with Crippen LogP contribution in [0.25, 0.3) is 0 Å². The van der Waals surface area contributed by atoms with Crippen LogP contribution in [0.1, 0.15) is 52.8 Å². The Bertz CT molecular complexity index is 461. The lowest BCUT2D eigenvalue weighted by molar-refractivity contribution is 0.0403. The number of aromatic carboxylic acids is 1. The zero-order valence-corrected chi connectivity index (χ0v) is 10.8. The van der Waals surface area contributed by atoms with Crippen molar-refractivity contribution in [1.29, 1.82) is 0 Å². The van der Waals surface area contributed by atoms with Gasteiger partial charge in [0.2, 0.25) is 0 Å². The number of benzene rings is 1. The van der Waals surface area contributed by atoms with Gasteiger partial charge in [0.1, 0.15) is 0 Å². The summed E-state index contributed by atoms with van der Waals surface area (Å²) >= 11 is 0. The molecule has 0 unspecified atom stereocenters. The van der Waals surface area contributed by atoms with E-state index in [1.807, 2.05) is 0 Å². The van der Waals surface area contributed by atoms with Gasteiger partial charge in [-0.3, -0.25) is 0 Å². The maximum absolute atomic E-state index is 11.9. The number of carbonyl (C=O) groups is 2. The second-order valence-corrected chi connectivity index (χ2v) is 4.95. The lowest BCUT2D eigenvalue weighted by atomic mass is 9.90. The van der Waals surface area contributed by atoms with E-state index >= 15 is 0 Å². The van der Waals surface area contributed by atoms with Gasteiger partial charge in [-0.15, -0.1) is 0 Å². The molecule has 0 radical (unpaired) electrons. The van der Waals surface area contributed by atoms with Gasteiger partial charge in [0.25, 0.3) is 0 Å². The third-order valence-electron chi connectivity index (χ3n) is 3.55. The van der Waals surface area contributed by atoms with Gasteiger partial charge in [0, 0.05) is 0 Å². The summed E-state index contributed by atoms with van der Waals surface area (Å²) in [7, 11) is 0. The van der Waals surface area contributed by atoms with Gasteiger partial charge in [-0.05, 0) is 30.9 Å². The molecule has 19 heavy (non-hydrogen) atoms. The van der Waals surface area contributed by atoms with Crippen LogP contribution in [-0.4, -0.2) is 23.7 Å². The predicted molar refractivity (Wildman–Crippen MR) is 70.3 cm³/mol. The number of ether oxygens (including phenoxy) is 1. The number of esters is 1.